The number of hydrogen-bond acceptors (Lipinski definition) is 3. The summed E-state index contributed by atoms with van der Waals surface area (Å²) in [4.78, 5) is -0.154. The van der Waals surface area contributed by atoms with Crippen LogP contribution in [-0.4, -0.2) is 8.42 Å². The summed E-state index contributed by atoms with van der Waals surface area (Å²) in [5.41, 5.74) is 5.65. The molecule has 100 valence electrons. The Morgan fingerprint density at radius 1 is 1.00 bits per heavy atom. The zero-order valence-electron chi connectivity index (χ0n) is 9.81. The van der Waals surface area contributed by atoms with Crippen molar-refractivity contribution in [1.29, 1.82) is 0 Å². The fourth-order valence-corrected chi connectivity index (χ4v) is 3.19. The smallest absolute Gasteiger partial charge is 0.184 e. The third-order valence-corrected chi connectivity index (χ3v) is 4.31. The van der Waals surface area contributed by atoms with E-state index in [2.05, 4.69) is 0 Å². The summed E-state index contributed by atoms with van der Waals surface area (Å²) >= 11 is 0. The van der Waals surface area contributed by atoms with Gasteiger partial charge in [-0.1, -0.05) is 12.1 Å². The Labute approximate surface area is 109 Å². The maximum Gasteiger partial charge on any atom is 0.184 e. The predicted octanol–water partition coefficient (Wildman–Crippen LogP) is 2.52. The number of anilines is 1. The fourth-order valence-electron chi connectivity index (χ4n) is 1.73. The van der Waals surface area contributed by atoms with Crippen molar-refractivity contribution in [2.75, 3.05) is 5.73 Å². The highest BCUT2D eigenvalue weighted by atomic mass is 32.2. The molecule has 0 saturated heterocycles. The average Bonchev–Trinajstić information content (AvgIpc) is 2.27. The highest BCUT2D eigenvalue weighted by Crippen LogP contribution is 2.23. The lowest BCUT2D eigenvalue weighted by Crippen LogP contribution is -2.08. The molecule has 0 radical (unpaired) electrons. The summed E-state index contributed by atoms with van der Waals surface area (Å²) in [5, 5.41) is 0. The predicted molar refractivity (Wildman–Crippen MR) is 68.1 cm³/mol. The maximum atomic E-state index is 13.0. The molecule has 0 saturated carbocycles. The third-order valence-electron chi connectivity index (χ3n) is 2.55. The quantitative estimate of drug-likeness (QED) is 0.695. The van der Waals surface area contributed by atoms with E-state index in [4.69, 9.17) is 5.73 Å². The van der Waals surface area contributed by atoms with Gasteiger partial charge in [0.25, 0.3) is 0 Å². The van der Waals surface area contributed by atoms with Gasteiger partial charge in [0.15, 0.2) is 9.84 Å². The second-order valence-corrected chi connectivity index (χ2v) is 6.03. The summed E-state index contributed by atoms with van der Waals surface area (Å²) in [6, 6.07) is 8.36. The molecular weight excluding hydrogens is 272 g/mol. The molecule has 0 aromatic heterocycles. The molecule has 2 aromatic carbocycles. The highest BCUT2D eigenvalue weighted by molar-refractivity contribution is 7.90. The Hall–Kier alpha value is -1.95. The van der Waals surface area contributed by atoms with Gasteiger partial charge in [0.05, 0.1) is 16.3 Å². The fraction of sp³-hybridized carbons (Fsp3) is 0.0769. The topological polar surface area (TPSA) is 60.2 Å². The van der Waals surface area contributed by atoms with E-state index in [0.717, 1.165) is 24.3 Å². The number of nitrogen functional groups attached to an aromatic ring is 1. The molecule has 3 nitrogen and oxygen atoms in total. The van der Waals surface area contributed by atoms with Gasteiger partial charge in [-0.2, -0.15) is 0 Å². The van der Waals surface area contributed by atoms with Crippen LogP contribution in [0.25, 0.3) is 0 Å². The molecule has 0 aliphatic carbocycles. The first-order valence-corrected chi connectivity index (χ1v) is 7.06. The summed E-state index contributed by atoms with van der Waals surface area (Å²) in [6.45, 7) is 0. The molecule has 0 amide bonds. The number of sulfone groups is 1. The van der Waals surface area contributed by atoms with Crippen molar-refractivity contribution >= 4 is 15.5 Å². The first-order valence-electron chi connectivity index (χ1n) is 5.41. The lowest BCUT2D eigenvalue weighted by molar-refractivity contribution is 0.594. The lowest BCUT2D eigenvalue weighted by atomic mass is 10.2. The van der Waals surface area contributed by atoms with Crippen LogP contribution in [-0.2, 0) is 15.6 Å². The molecule has 2 rings (SSSR count). The maximum absolute atomic E-state index is 13.0. The second-order valence-electron chi connectivity index (χ2n) is 4.07. The SMILES string of the molecule is Nc1cc(F)ccc1S(=O)(=O)Cc1cccc(F)c1. The van der Waals surface area contributed by atoms with Crippen LogP contribution < -0.4 is 5.73 Å². The van der Waals surface area contributed by atoms with Crippen molar-refractivity contribution in [3.8, 4) is 0 Å². The Bertz CT molecular complexity index is 714. The number of benzene rings is 2. The van der Waals surface area contributed by atoms with Gasteiger partial charge in [-0.25, -0.2) is 17.2 Å². The van der Waals surface area contributed by atoms with E-state index >= 15 is 0 Å². The largest absolute Gasteiger partial charge is 0.398 e. The van der Waals surface area contributed by atoms with E-state index in [1.807, 2.05) is 0 Å². The molecule has 0 aliphatic rings. The summed E-state index contributed by atoms with van der Waals surface area (Å²) in [5.74, 6) is -1.51. The molecule has 0 heterocycles. The van der Waals surface area contributed by atoms with E-state index < -0.39 is 21.5 Å². The number of hydrogen-bond donors (Lipinski definition) is 1. The molecule has 19 heavy (non-hydrogen) atoms. The van der Waals surface area contributed by atoms with Gasteiger partial charge in [0.2, 0.25) is 0 Å². The van der Waals surface area contributed by atoms with Gasteiger partial charge in [-0.15, -0.1) is 0 Å². The minimum atomic E-state index is -3.74. The Morgan fingerprint density at radius 2 is 1.68 bits per heavy atom. The van der Waals surface area contributed by atoms with Gasteiger partial charge in [-0.05, 0) is 35.9 Å². The van der Waals surface area contributed by atoms with E-state index in [-0.39, 0.29) is 16.3 Å². The Balaban J connectivity index is 2.38. The minimum Gasteiger partial charge on any atom is -0.398 e. The summed E-state index contributed by atoms with van der Waals surface area (Å²) in [7, 11) is -3.74. The lowest BCUT2D eigenvalue weighted by Gasteiger charge is -2.07. The van der Waals surface area contributed by atoms with Crippen LogP contribution in [0.3, 0.4) is 0 Å². The zero-order valence-corrected chi connectivity index (χ0v) is 10.6. The highest BCUT2D eigenvalue weighted by Gasteiger charge is 2.19. The first-order chi connectivity index (χ1) is 8.88. The van der Waals surface area contributed by atoms with Crippen LogP contribution in [0.4, 0.5) is 14.5 Å². The normalized spacial score (nSPS) is 11.5. The molecule has 6 heteroatoms. The van der Waals surface area contributed by atoms with E-state index in [1.165, 1.54) is 18.2 Å². The number of rotatable bonds is 3. The van der Waals surface area contributed by atoms with Crippen LogP contribution in [0, 0.1) is 11.6 Å². The third kappa shape index (κ3) is 3.08. The summed E-state index contributed by atoms with van der Waals surface area (Å²) in [6.07, 6.45) is 0. The monoisotopic (exact) mass is 283 g/mol. The molecule has 2 aromatic rings. The molecule has 0 bridgehead atoms. The minimum absolute atomic E-state index is 0.154. The Kier molecular flexibility index (Phi) is 3.53. The van der Waals surface area contributed by atoms with Crippen LogP contribution in [0.2, 0.25) is 0 Å². The van der Waals surface area contributed by atoms with Crippen LogP contribution in [0.5, 0.6) is 0 Å². The average molecular weight is 283 g/mol. The first kappa shape index (κ1) is 13.5. The van der Waals surface area contributed by atoms with Crippen LogP contribution in [0.15, 0.2) is 47.4 Å². The van der Waals surface area contributed by atoms with Crippen molar-refractivity contribution in [1.82, 2.24) is 0 Å². The van der Waals surface area contributed by atoms with Gasteiger partial charge in [0, 0.05) is 0 Å². The van der Waals surface area contributed by atoms with Crippen molar-refractivity contribution in [3.63, 3.8) is 0 Å². The van der Waals surface area contributed by atoms with Gasteiger partial charge in [0.1, 0.15) is 11.6 Å². The Morgan fingerprint density at radius 3 is 2.32 bits per heavy atom. The molecule has 0 unspecified atom stereocenters. The van der Waals surface area contributed by atoms with Crippen molar-refractivity contribution in [3.05, 3.63) is 59.7 Å². The molecule has 0 atom stereocenters. The van der Waals surface area contributed by atoms with E-state index in [0.29, 0.717) is 5.56 Å². The number of halogens is 2. The molecule has 0 aliphatic heterocycles. The molecule has 0 fully saturated rings. The zero-order chi connectivity index (χ0) is 14.0. The van der Waals surface area contributed by atoms with Gasteiger partial charge in [-0.3, -0.25) is 0 Å². The molecule has 2 N–H and O–H groups in total. The van der Waals surface area contributed by atoms with Crippen LogP contribution in [0.1, 0.15) is 5.56 Å². The van der Waals surface area contributed by atoms with Crippen LogP contribution >= 0.6 is 0 Å². The van der Waals surface area contributed by atoms with Crippen molar-refractivity contribution < 1.29 is 17.2 Å². The molecule has 0 spiro atoms. The van der Waals surface area contributed by atoms with Crippen molar-refractivity contribution in [2.24, 2.45) is 0 Å². The standard InChI is InChI=1S/C13H11F2NO2S/c14-10-3-1-2-9(6-10)8-19(17,18)13-5-4-11(15)7-12(13)16/h1-7H,8,16H2. The van der Waals surface area contributed by atoms with Gasteiger partial charge >= 0.3 is 0 Å². The molecular formula is C13H11F2NO2S. The van der Waals surface area contributed by atoms with Gasteiger partial charge < -0.3 is 5.73 Å². The van der Waals surface area contributed by atoms with E-state index in [9.17, 15) is 17.2 Å². The summed E-state index contributed by atoms with van der Waals surface area (Å²) < 4.78 is 50.1. The van der Waals surface area contributed by atoms with Crippen molar-refractivity contribution in [2.45, 2.75) is 10.6 Å². The van der Waals surface area contributed by atoms with E-state index in [1.54, 1.807) is 0 Å². The number of nitrogens with two attached hydrogens (primary N) is 1. The second kappa shape index (κ2) is 4.97.